The van der Waals surface area contributed by atoms with Gasteiger partial charge < -0.3 is 14.4 Å². The summed E-state index contributed by atoms with van der Waals surface area (Å²) in [5.74, 6) is 0.414. The number of carbonyl (C=O) groups is 1. The van der Waals surface area contributed by atoms with E-state index in [4.69, 9.17) is 0 Å². The molecule has 2 aromatic heterocycles. The number of aryl methyl sites for hydroxylation is 1. The Morgan fingerprint density at radius 3 is 2.31 bits per heavy atom. The zero-order chi connectivity index (χ0) is 21.4. The number of pyridine rings is 1. The summed E-state index contributed by atoms with van der Waals surface area (Å²) in [6.45, 7) is 2.51. The van der Waals surface area contributed by atoms with E-state index in [2.05, 4.69) is 9.88 Å². The third kappa shape index (κ3) is 3.71. The number of carbonyl (C=O) groups excluding carboxylic acids is 1. The molecule has 0 spiro atoms. The molecule has 1 amide bonds. The van der Waals surface area contributed by atoms with Crippen molar-refractivity contribution in [1.29, 1.82) is 0 Å². The predicted molar refractivity (Wildman–Crippen MR) is 128 cm³/mol. The molecule has 7 heteroatoms. The normalized spacial score (nSPS) is 13.8. The van der Waals surface area contributed by atoms with Gasteiger partial charge in [-0.25, -0.2) is 9.37 Å². The number of rotatable bonds is 3. The molecule has 3 heterocycles. The molecule has 0 radical (unpaired) electrons. The van der Waals surface area contributed by atoms with Crippen LogP contribution in [0.15, 0.2) is 72.9 Å². The SMILES string of the molecule is Cl.Cn1c(-c2ccccc2)c(C(=O)N2CCN(c3ccccn3)CC2)c2c(F)cccc21. The Bertz CT molecular complexity index is 1240. The van der Waals surface area contributed by atoms with Gasteiger partial charge in [0.05, 0.1) is 16.8 Å². The first kappa shape index (κ1) is 21.8. The highest BCUT2D eigenvalue weighted by molar-refractivity contribution is 6.13. The number of piperazine rings is 1. The molecule has 2 aromatic carbocycles. The fraction of sp³-hybridized carbons (Fsp3) is 0.200. The molecule has 1 fully saturated rings. The van der Waals surface area contributed by atoms with E-state index in [1.807, 2.05) is 71.1 Å². The summed E-state index contributed by atoms with van der Waals surface area (Å²) in [6.07, 6.45) is 1.78. The van der Waals surface area contributed by atoms with Crippen LogP contribution in [0.5, 0.6) is 0 Å². The second-order valence-corrected chi connectivity index (χ2v) is 7.75. The number of halogens is 2. The minimum atomic E-state index is -0.370. The fourth-order valence-corrected chi connectivity index (χ4v) is 4.43. The van der Waals surface area contributed by atoms with E-state index in [-0.39, 0.29) is 24.1 Å². The van der Waals surface area contributed by atoms with Gasteiger partial charge in [-0.3, -0.25) is 4.79 Å². The number of aromatic nitrogens is 2. The van der Waals surface area contributed by atoms with Crippen molar-refractivity contribution in [2.75, 3.05) is 31.1 Å². The number of anilines is 1. The van der Waals surface area contributed by atoms with Crippen LogP contribution in [-0.4, -0.2) is 46.5 Å². The van der Waals surface area contributed by atoms with Crippen LogP contribution in [0.1, 0.15) is 10.4 Å². The first-order valence-electron chi connectivity index (χ1n) is 10.4. The van der Waals surface area contributed by atoms with E-state index in [0.717, 1.165) is 17.1 Å². The molecule has 0 bridgehead atoms. The van der Waals surface area contributed by atoms with Gasteiger partial charge in [0.15, 0.2) is 0 Å². The Labute approximate surface area is 192 Å². The highest BCUT2D eigenvalue weighted by Crippen LogP contribution is 2.35. The molecule has 0 aliphatic carbocycles. The molecule has 5 rings (SSSR count). The van der Waals surface area contributed by atoms with Gasteiger partial charge in [0.1, 0.15) is 11.6 Å². The number of hydrogen-bond acceptors (Lipinski definition) is 3. The number of nitrogens with zero attached hydrogens (tertiary/aromatic N) is 4. The molecule has 4 aromatic rings. The highest BCUT2D eigenvalue weighted by atomic mass is 35.5. The first-order valence-corrected chi connectivity index (χ1v) is 10.4. The van der Waals surface area contributed by atoms with Crippen LogP contribution in [0.4, 0.5) is 10.2 Å². The zero-order valence-electron chi connectivity index (χ0n) is 17.7. The maximum atomic E-state index is 15.0. The Kier molecular flexibility index (Phi) is 6.15. The Hall–Kier alpha value is -3.38. The van der Waals surface area contributed by atoms with Gasteiger partial charge >= 0.3 is 0 Å². The Morgan fingerprint density at radius 1 is 0.906 bits per heavy atom. The lowest BCUT2D eigenvalue weighted by Crippen LogP contribution is -2.49. The van der Waals surface area contributed by atoms with Crippen LogP contribution in [0.25, 0.3) is 22.2 Å². The molecule has 0 atom stereocenters. The third-order valence-electron chi connectivity index (χ3n) is 5.98. The standard InChI is InChI=1S/C25H23FN4O.ClH/c1-28-20-11-7-10-19(26)22(20)23(24(28)18-8-3-2-4-9-18)25(31)30-16-14-29(15-17-30)21-12-5-6-13-27-21;/h2-13H,14-17H2,1H3;1H. The zero-order valence-corrected chi connectivity index (χ0v) is 18.6. The molecule has 32 heavy (non-hydrogen) atoms. The van der Waals surface area contributed by atoms with E-state index in [1.54, 1.807) is 12.3 Å². The summed E-state index contributed by atoms with van der Waals surface area (Å²) in [5.41, 5.74) is 2.80. The lowest BCUT2D eigenvalue weighted by molar-refractivity contribution is 0.0749. The monoisotopic (exact) mass is 450 g/mol. The minimum absolute atomic E-state index is 0. The molecule has 5 nitrogen and oxygen atoms in total. The van der Waals surface area contributed by atoms with Crippen molar-refractivity contribution in [2.24, 2.45) is 7.05 Å². The summed E-state index contributed by atoms with van der Waals surface area (Å²) in [5, 5.41) is 0.390. The summed E-state index contributed by atoms with van der Waals surface area (Å²) in [6, 6.07) is 20.5. The van der Waals surface area contributed by atoms with Crippen molar-refractivity contribution in [3.63, 3.8) is 0 Å². The topological polar surface area (TPSA) is 41.4 Å². The van der Waals surface area contributed by atoms with Crippen LogP contribution in [0.3, 0.4) is 0 Å². The molecular weight excluding hydrogens is 427 g/mol. The summed E-state index contributed by atoms with van der Waals surface area (Å²) in [7, 11) is 1.89. The van der Waals surface area contributed by atoms with Crippen LogP contribution in [0, 0.1) is 5.82 Å². The van der Waals surface area contributed by atoms with Crippen LogP contribution < -0.4 is 4.90 Å². The maximum absolute atomic E-state index is 15.0. The van der Waals surface area contributed by atoms with Crippen molar-refractivity contribution in [2.45, 2.75) is 0 Å². The van der Waals surface area contributed by atoms with Gasteiger partial charge in [0, 0.05) is 44.8 Å². The van der Waals surface area contributed by atoms with Gasteiger partial charge in [-0.05, 0) is 29.8 Å². The van der Waals surface area contributed by atoms with Gasteiger partial charge in [-0.15, -0.1) is 12.4 Å². The molecule has 1 saturated heterocycles. The van der Waals surface area contributed by atoms with Gasteiger partial charge in [0.2, 0.25) is 0 Å². The number of amides is 1. The second-order valence-electron chi connectivity index (χ2n) is 7.75. The molecule has 0 N–H and O–H groups in total. The summed E-state index contributed by atoms with van der Waals surface area (Å²) >= 11 is 0. The number of fused-ring (bicyclic) bond motifs is 1. The Morgan fingerprint density at radius 2 is 1.62 bits per heavy atom. The Balaban J connectivity index is 0.00000245. The van der Waals surface area contributed by atoms with Crippen LogP contribution >= 0.6 is 12.4 Å². The van der Waals surface area contributed by atoms with E-state index in [1.165, 1.54) is 6.07 Å². The molecule has 0 unspecified atom stereocenters. The van der Waals surface area contributed by atoms with Crippen LogP contribution in [-0.2, 0) is 7.05 Å². The van der Waals surface area contributed by atoms with Crippen molar-refractivity contribution in [3.05, 3.63) is 84.3 Å². The van der Waals surface area contributed by atoms with Crippen molar-refractivity contribution < 1.29 is 9.18 Å². The predicted octanol–water partition coefficient (Wildman–Crippen LogP) is 4.76. The summed E-state index contributed by atoms with van der Waals surface area (Å²) < 4.78 is 16.9. The second kappa shape index (κ2) is 9.01. The highest BCUT2D eigenvalue weighted by Gasteiger charge is 2.30. The quantitative estimate of drug-likeness (QED) is 0.451. The lowest BCUT2D eigenvalue weighted by Gasteiger charge is -2.35. The molecule has 0 saturated carbocycles. The smallest absolute Gasteiger partial charge is 0.256 e. The van der Waals surface area contributed by atoms with E-state index in [9.17, 15) is 9.18 Å². The minimum Gasteiger partial charge on any atom is -0.353 e. The van der Waals surface area contributed by atoms with Crippen molar-refractivity contribution in [1.82, 2.24) is 14.5 Å². The average Bonchev–Trinajstić information content (AvgIpc) is 3.13. The van der Waals surface area contributed by atoms with E-state index < -0.39 is 0 Å². The summed E-state index contributed by atoms with van der Waals surface area (Å²) in [4.78, 5) is 22.1. The molecular formula is C25H24ClFN4O. The van der Waals surface area contributed by atoms with E-state index in [0.29, 0.717) is 42.6 Å². The lowest BCUT2D eigenvalue weighted by atomic mass is 10.0. The first-order chi connectivity index (χ1) is 15.1. The average molecular weight is 451 g/mol. The number of hydrogen-bond donors (Lipinski definition) is 0. The van der Waals surface area contributed by atoms with Crippen molar-refractivity contribution in [3.8, 4) is 11.3 Å². The number of benzene rings is 2. The van der Waals surface area contributed by atoms with Gasteiger partial charge in [0.25, 0.3) is 5.91 Å². The van der Waals surface area contributed by atoms with Crippen molar-refractivity contribution >= 4 is 35.0 Å². The van der Waals surface area contributed by atoms with E-state index >= 15 is 0 Å². The molecule has 1 aliphatic heterocycles. The van der Waals surface area contributed by atoms with Crippen LogP contribution in [0.2, 0.25) is 0 Å². The largest absolute Gasteiger partial charge is 0.353 e. The maximum Gasteiger partial charge on any atom is 0.256 e. The third-order valence-corrected chi connectivity index (χ3v) is 5.98. The fourth-order valence-electron chi connectivity index (χ4n) is 4.43. The molecule has 1 aliphatic rings. The molecule has 164 valence electrons. The van der Waals surface area contributed by atoms with Gasteiger partial charge in [-0.1, -0.05) is 42.5 Å². The van der Waals surface area contributed by atoms with Gasteiger partial charge in [-0.2, -0.15) is 0 Å².